The number of hydrogen-bond acceptors (Lipinski definition) is 3. The van der Waals surface area contributed by atoms with E-state index < -0.39 is 0 Å². The zero-order valence-corrected chi connectivity index (χ0v) is 20.5. The molecule has 0 amide bonds. The first-order valence-corrected chi connectivity index (χ1v) is 11.4. The summed E-state index contributed by atoms with van der Waals surface area (Å²) in [7, 11) is 0. The molecule has 0 N–H and O–H groups in total. The van der Waals surface area contributed by atoms with Gasteiger partial charge in [0.1, 0.15) is 37.4 Å². The van der Waals surface area contributed by atoms with Crippen molar-refractivity contribution in [3.05, 3.63) is 81.3 Å². The number of aromatic nitrogens is 2. The Hall–Kier alpha value is -2.30. The van der Waals surface area contributed by atoms with Gasteiger partial charge in [0, 0.05) is 20.1 Å². The molecular formula is C24H22BrCl2N2O3+. The molecule has 0 radical (unpaired) electrons. The first-order valence-electron chi connectivity index (χ1n) is 9.85. The van der Waals surface area contributed by atoms with E-state index in [1.807, 2.05) is 53.6 Å². The third-order valence-electron chi connectivity index (χ3n) is 4.54. The second-order valence-corrected chi connectivity index (χ2v) is 8.72. The third-order valence-corrected chi connectivity index (χ3v) is 5.63. The SMILES string of the molecule is CC#CCOC(Cn1cc[n+](CC(=O)COc2ccc(Br)cc2)c1)c1ccc(Cl)cc1Cl. The number of imidazole rings is 1. The van der Waals surface area contributed by atoms with Crippen molar-refractivity contribution in [2.75, 3.05) is 13.2 Å². The molecule has 5 nitrogen and oxygen atoms in total. The minimum atomic E-state index is -0.321. The largest absolute Gasteiger partial charge is 0.486 e. The van der Waals surface area contributed by atoms with Crippen molar-refractivity contribution in [2.45, 2.75) is 26.1 Å². The fraction of sp³-hybridized carbons (Fsp3) is 0.250. The summed E-state index contributed by atoms with van der Waals surface area (Å²) in [5.41, 5.74) is 0.827. The maximum absolute atomic E-state index is 12.3. The van der Waals surface area contributed by atoms with Gasteiger partial charge >= 0.3 is 0 Å². The van der Waals surface area contributed by atoms with Crippen molar-refractivity contribution >= 4 is 44.9 Å². The fourth-order valence-electron chi connectivity index (χ4n) is 2.99. The summed E-state index contributed by atoms with van der Waals surface area (Å²) in [6.45, 7) is 2.76. The van der Waals surface area contributed by atoms with Crippen LogP contribution in [0.3, 0.4) is 0 Å². The van der Waals surface area contributed by atoms with E-state index in [1.165, 1.54) is 0 Å². The quantitative estimate of drug-likeness (QED) is 0.262. The van der Waals surface area contributed by atoms with Crippen LogP contribution >= 0.6 is 39.1 Å². The number of benzene rings is 2. The van der Waals surface area contributed by atoms with Gasteiger partial charge in [0.05, 0.1) is 0 Å². The molecule has 0 aliphatic carbocycles. The van der Waals surface area contributed by atoms with Gasteiger partial charge in [0.25, 0.3) is 0 Å². The number of nitrogens with zero attached hydrogens (tertiary/aromatic N) is 2. The van der Waals surface area contributed by atoms with Crippen molar-refractivity contribution in [1.29, 1.82) is 0 Å². The summed E-state index contributed by atoms with van der Waals surface area (Å²) in [6.07, 6.45) is 5.25. The van der Waals surface area contributed by atoms with E-state index in [1.54, 1.807) is 23.6 Å². The molecule has 32 heavy (non-hydrogen) atoms. The van der Waals surface area contributed by atoms with Crippen molar-refractivity contribution in [3.63, 3.8) is 0 Å². The van der Waals surface area contributed by atoms with Crippen LogP contribution in [0.2, 0.25) is 10.0 Å². The average Bonchev–Trinajstić information content (AvgIpc) is 3.19. The Labute approximate surface area is 206 Å². The van der Waals surface area contributed by atoms with Gasteiger partial charge in [-0.1, -0.05) is 51.1 Å². The monoisotopic (exact) mass is 535 g/mol. The van der Waals surface area contributed by atoms with Gasteiger partial charge in [0.2, 0.25) is 12.1 Å². The predicted molar refractivity (Wildman–Crippen MR) is 128 cm³/mol. The molecule has 0 aliphatic heterocycles. The Morgan fingerprint density at radius 1 is 1.22 bits per heavy atom. The first-order chi connectivity index (χ1) is 15.4. The van der Waals surface area contributed by atoms with Crippen molar-refractivity contribution < 1.29 is 18.8 Å². The van der Waals surface area contributed by atoms with Gasteiger partial charge in [-0.15, -0.1) is 5.92 Å². The second-order valence-electron chi connectivity index (χ2n) is 6.96. The highest BCUT2D eigenvalue weighted by atomic mass is 79.9. The van der Waals surface area contributed by atoms with Crippen LogP contribution in [0.4, 0.5) is 0 Å². The Balaban J connectivity index is 1.61. The smallest absolute Gasteiger partial charge is 0.244 e. The van der Waals surface area contributed by atoms with E-state index in [9.17, 15) is 4.79 Å². The molecule has 0 bridgehead atoms. The lowest BCUT2D eigenvalue weighted by atomic mass is 10.1. The topological polar surface area (TPSA) is 44.3 Å². The molecule has 8 heteroatoms. The highest BCUT2D eigenvalue weighted by Gasteiger charge is 2.20. The van der Waals surface area contributed by atoms with Gasteiger partial charge in [-0.2, -0.15) is 0 Å². The van der Waals surface area contributed by atoms with Gasteiger partial charge in [-0.3, -0.25) is 4.79 Å². The molecule has 166 valence electrons. The lowest BCUT2D eigenvalue weighted by molar-refractivity contribution is -0.683. The van der Waals surface area contributed by atoms with Crippen LogP contribution in [-0.2, 0) is 22.6 Å². The molecule has 0 fully saturated rings. The van der Waals surface area contributed by atoms with Crippen molar-refractivity contribution in [2.24, 2.45) is 0 Å². The Morgan fingerprint density at radius 3 is 2.72 bits per heavy atom. The molecule has 0 saturated carbocycles. The first kappa shape index (κ1) is 24.3. The maximum Gasteiger partial charge on any atom is 0.244 e. The van der Waals surface area contributed by atoms with Gasteiger partial charge in [-0.05, 0) is 43.3 Å². The highest BCUT2D eigenvalue weighted by Crippen LogP contribution is 2.29. The minimum Gasteiger partial charge on any atom is -0.486 e. The number of carbonyl (C=O) groups is 1. The normalized spacial score (nSPS) is 11.5. The van der Waals surface area contributed by atoms with Crippen molar-refractivity contribution in [3.8, 4) is 17.6 Å². The Kier molecular flexibility index (Phi) is 9.19. The van der Waals surface area contributed by atoms with E-state index in [-0.39, 0.29) is 31.6 Å². The van der Waals surface area contributed by atoms with Gasteiger partial charge in [0.15, 0.2) is 13.2 Å². The maximum atomic E-state index is 12.3. The van der Waals surface area contributed by atoms with Crippen LogP contribution in [0.15, 0.2) is 65.7 Å². The summed E-state index contributed by atoms with van der Waals surface area (Å²) < 4.78 is 16.2. The number of carbonyl (C=O) groups excluding carboxylic acids is 1. The number of rotatable bonds is 10. The molecule has 0 aliphatic rings. The molecular weight excluding hydrogens is 515 g/mol. The molecule has 0 saturated heterocycles. The van der Waals surface area contributed by atoms with Crippen LogP contribution in [0, 0.1) is 11.8 Å². The zero-order valence-electron chi connectivity index (χ0n) is 17.4. The van der Waals surface area contributed by atoms with E-state index in [4.69, 9.17) is 32.7 Å². The van der Waals surface area contributed by atoms with Crippen LogP contribution in [0.1, 0.15) is 18.6 Å². The Morgan fingerprint density at radius 2 is 2.00 bits per heavy atom. The average molecular weight is 537 g/mol. The van der Waals surface area contributed by atoms with Crippen LogP contribution in [-0.4, -0.2) is 23.6 Å². The summed E-state index contributed by atoms with van der Waals surface area (Å²) in [5.74, 6) is 6.35. The van der Waals surface area contributed by atoms with E-state index in [0.717, 1.165) is 10.0 Å². The summed E-state index contributed by atoms with van der Waals surface area (Å²) >= 11 is 15.8. The summed E-state index contributed by atoms with van der Waals surface area (Å²) in [6, 6.07) is 12.7. The molecule has 1 heterocycles. The van der Waals surface area contributed by atoms with Gasteiger partial charge in [-0.25, -0.2) is 9.13 Å². The highest BCUT2D eigenvalue weighted by molar-refractivity contribution is 9.10. The van der Waals surface area contributed by atoms with Crippen LogP contribution in [0.5, 0.6) is 5.75 Å². The number of Topliss-reactive ketones (excluding diaryl/α,β-unsaturated/α-hetero) is 1. The lowest BCUT2D eigenvalue weighted by Gasteiger charge is -2.16. The molecule has 1 aromatic heterocycles. The number of hydrogen-bond donors (Lipinski definition) is 0. The predicted octanol–water partition coefficient (Wildman–Crippen LogP) is 5.27. The standard InChI is InChI=1S/C24H22BrCl2N2O3/c1-2-3-12-31-24(22-9-6-19(26)13-23(22)27)15-29-11-10-28(17-29)14-20(30)16-32-21-7-4-18(25)5-8-21/h4-11,13,17,24H,12,14-16H2,1H3/q+1. The molecule has 3 aromatic rings. The summed E-state index contributed by atoms with van der Waals surface area (Å²) in [5, 5.41) is 1.10. The Bertz CT molecular complexity index is 1120. The molecule has 0 spiro atoms. The van der Waals surface area contributed by atoms with Gasteiger partial charge < -0.3 is 9.47 Å². The van der Waals surface area contributed by atoms with E-state index in [2.05, 4.69) is 27.8 Å². The molecule has 2 aromatic carbocycles. The summed E-state index contributed by atoms with van der Waals surface area (Å²) in [4.78, 5) is 12.3. The zero-order chi connectivity index (χ0) is 22.9. The number of ether oxygens (including phenoxy) is 2. The van der Waals surface area contributed by atoms with Crippen LogP contribution in [0.25, 0.3) is 0 Å². The number of ketones is 1. The molecule has 3 rings (SSSR count). The van der Waals surface area contributed by atoms with Crippen molar-refractivity contribution in [1.82, 2.24) is 4.57 Å². The molecule has 1 atom stereocenters. The third kappa shape index (κ3) is 7.39. The van der Waals surface area contributed by atoms with E-state index in [0.29, 0.717) is 22.3 Å². The lowest BCUT2D eigenvalue weighted by Crippen LogP contribution is -2.37. The minimum absolute atomic E-state index is 0.00161. The second kappa shape index (κ2) is 12.1. The fourth-order valence-corrected chi connectivity index (χ4v) is 3.79. The number of halogens is 3. The van der Waals surface area contributed by atoms with E-state index >= 15 is 0 Å². The molecule has 1 unspecified atom stereocenters. The van der Waals surface area contributed by atoms with Crippen LogP contribution < -0.4 is 9.30 Å².